The fourth-order valence-corrected chi connectivity index (χ4v) is 2.70. The molecule has 0 unspecified atom stereocenters. The van der Waals surface area contributed by atoms with Crippen LogP contribution in [0.1, 0.15) is 27.0 Å². The van der Waals surface area contributed by atoms with Gasteiger partial charge in [0.15, 0.2) is 5.78 Å². The average Bonchev–Trinajstić information content (AvgIpc) is 2.67. The molecule has 5 heteroatoms. The third-order valence-corrected chi connectivity index (χ3v) is 3.77. The fraction of sp³-hybridized carbons (Fsp3) is 0.538. The molecule has 0 aliphatic rings. The lowest BCUT2D eigenvalue weighted by Crippen LogP contribution is -2.38. The Morgan fingerprint density at radius 3 is 2.44 bits per heavy atom. The number of hydrogen-bond donors (Lipinski definition) is 1. The molecule has 0 radical (unpaired) electrons. The molecule has 0 aliphatic heterocycles. The molecule has 4 nitrogen and oxygen atoms in total. The van der Waals surface area contributed by atoms with Crippen LogP contribution in [0.15, 0.2) is 6.07 Å². The molecular weight excluding hydrogens is 248 g/mol. The zero-order valence-corrected chi connectivity index (χ0v) is 12.2. The number of carbonyl (C=O) groups is 2. The first-order valence-electron chi connectivity index (χ1n) is 6.01. The first-order chi connectivity index (χ1) is 8.47. The van der Waals surface area contributed by atoms with Gasteiger partial charge in [0.2, 0.25) is 5.91 Å². The van der Waals surface area contributed by atoms with E-state index in [1.807, 2.05) is 31.7 Å². The van der Waals surface area contributed by atoms with E-state index in [-0.39, 0.29) is 18.2 Å². The average molecular weight is 268 g/mol. The Kier molecular flexibility index (Phi) is 5.50. The van der Waals surface area contributed by atoms with Gasteiger partial charge in [-0.25, -0.2) is 0 Å². The van der Waals surface area contributed by atoms with E-state index in [1.165, 1.54) is 0 Å². The maximum absolute atomic E-state index is 12.2. The zero-order valence-electron chi connectivity index (χ0n) is 11.4. The second-order valence-electron chi connectivity index (χ2n) is 4.23. The van der Waals surface area contributed by atoms with Crippen molar-refractivity contribution in [1.82, 2.24) is 10.2 Å². The Morgan fingerprint density at radius 1 is 1.33 bits per heavy atom. The van der Waals surface area contributed by atoms with Gasteiger partial charge in [-0.3, -0.25) is 14.5 Å². The Balaban J connectivity index is 2.67. The molecule has 0 atom stereocenters. The summed E-state index contributed by atoms with van der Waals surface area (Å²) in [5.74, 6) is 0.0190. The molecule has 0 fully saturated rings. The van der Waals surface area contributed by atoms with Crippen LogP contribution in [0.25, 0.3) is 0 Å². The van der Waals surface area contributed by atoms with Crippen LogP contribution in [0.3, 0.4) is 0 Å². The Labute approximate surface area is 112 Å². The molecule has 0 spiro atoms. The van der Waals surface area contributed by atoms with Crippen molar-refractivity contribution in [3.05, 3.63) is 21.4 Å². The van der Waals surface area contributed by atoms with Gasteiger partial charge in [-0.05, 0) is 26.5 Å². The molecule has 0 aliphatic carbocycles. The van der Waals surface area contributed by atoms with Crippen molar-refractivity contribution in [2.24, 2.45) is 0 Å². The first-order valence-corrected chi connectivity index (χ1v) is 6.82. The molecule has 1 aromatic heterocycles. The number of amides is 1. The molecule has 0 bridgehead atoms. The Morgan fingerprint density at radius 2 is 2.00 bits per heavy atom. The highest BCUT2D eigenvalue weighted by Crippen LogP contribution is 2.21. The van der Waals surface area contributed by atoms with Crippen molar-refractivity contribution >= 4 is 23.0 Å². The SMILES string of the molecule is CCN(CC(=O)NC)CC(=O)c1cc(C)sc1C. The van der Waals surface area contributed by atoms with Crippen molar-refractivity contribution in [3.63, 3.8) is 0 Å². The van der Waals surface area contributed by atoms with Crippen molar-refractivity contribution in [1.29, 1.82) is 0 Å². The quantitative estimate of drug-likeness (QED) is 0.798. The topological polar surface area (TPSA) is 49.4 Å². The Bertz CT molecular complexity index is 440. The van der Waals surface area contributed by atoms with Gasteiger partial charge in [0.25, 0.3) is 0 Å². The minimum atomic E-state index is -0.0668. The van der Waals surface area contributed by atoms with Crippen LogP contribution in [0, 0.1) is 13.8 Å². The molecule has 0 saturated carbocycles. The largest absolute Gasteiger partial charge is 0.358 e. The summed E-state index contributed by atoms with van der Waals surface area (Å²) < 4.78 is 0. The van der Waals surface area contributed by atoms with E-state index in [1.54, 1.807) is 18.4 Å². The second kappa shape index (κ2) is 6.66. The highest BCUT2D eigenvalue weighted by Gasteiger charge is 2.16. The lowest BCUT2D eigenvalue weighted by Gasteiger charge is -2.18. The molecular formula is C13H20N2O2S. The van der Waals surface area contributed by atoms with Crippen molar-refractivity contribution < 1.29 is 9.59 Å². The number of ketones is 1. The number of aryl methyl sites for hydroxylation is 2. The third-order valence-electron chi connectivity index (χ3n) is 2.80. The monoisotopic (exact) mass is 268 g/mol. The molecule has 100 valence electrons. The summed E-state index contributed by atoms with van der Waals surface area (Å²) >= 11 is 1.63. The molecule has 1 rings (SSSR count). The van der Waals surface area contributed by atoms with E-state index >= 15 is 0 Å². The van der Waals surface area contributed by atoms with Crippen LogP contribution < -0.4 is 5.32 Å². The van der Waals surface area contributed by atoms with Crippen molar-refractivity contribution in [3.8, 4) is 0 Å². The van der Waals surface area contributed by atoms with Crippen LogP contribution in [-0.4, -0.2) is 43.3 Å². The van der Waals surface area contributed by atoms with Gasteiger partial charge in [-0.15, -0.1) is 11.3 Å². The van der Waals surface area contributed by atoms with Gasteiger partial charge in [-0.1, -0.05) is 6.92 Å². The highest BCUT2D eigenvalue weighted by molar-refractivity contribution is 7.12. The molecule has 1 heterocycles. The van der Waals surface area contributed by atoms with Crippen molar-refractivity contribution in [2.45, 2.75) is 20.8 Å². The number of rotatable bonds is 6. The number of hydrogen-bond acceptors (Lipinski definition) is 4. The van der Waals surface area contributed by atoms with E-state index in [2.05, 4.69) is 5.32 Å². The maximum atomic E-state index is 12.2. The summed E-state index contributed by atoms with van der Waals surface area (Å²) in [4.78, 5) is 27.5. The zero-order chi connectivity index (χ0) is 13.7. The van der Waals surface area contributed by atoms with E-state index in [0.717, 1.165) is 15.3 Å². The van der Waals surface area contributed by atoms with E-state index in [9.17, 15) is 9.59 Å². The third kappa shape index (κ3) is 3.92. The van der Waals surface area contributed by atoms with E-state index in [0.29, 0.717) is 13.1 Å². The number of nitrogens with one attached hydrogen (secondary N) is 1. The van der Waals surface area contributed by atoms with Crippen LogP contribution in [0.4, 0.5) is 0 Å². The summed E-state index contributed by atoms with van der Waals surface area (Å²) in [5.41, 5.74) is 0.785. The highest BCUT2D eigenvalue weighted by atomic mass is 32.1. The van der Waals surface area contributed by atoms with Gasteiger partial charge in [0.05, 0.1) is 13.1 Å². The summed E-state index contributed by atoms with van der Waals surface area (Å²) in [6.45, 7) is 7.14. The van der Waals surface area contributed by atoms with Gasteiger partial charge < -0.3 is 5.32 Å². The minimum Gasteiger partial charge on any atom is -0.358 e. The van der Waals surface area contributed by atoms with Crippen LogP contribution in [-0.2, 0) is 4.79 Å². The van der Waals surface area contributed by atoms with Crippen LogP contribution >= 0.6 is 11.3 Å². The number of carbonyl (C=O) groups excluding carboxylic acids is 2. The summed E-state index contributed by atoms with van der Waals surface area (Å²) in [6, 6.07) is 1.93. The molecule has 0 saturated heterocycles. The maximum Gasteiger partial charge on any atom is 0.233 e. The Hall–Kier alpha value is -1.20. The summed E-state index contributed by atoms with van der Waals surface area (Å²) in [6.07, 6.45) is 0. The summed E-state index contributed by atoms with van der Waals surface area (Å²) in [5, 5.41) is 2.57. The van der Waals surface area contributed by atoms with Crippen molar-refractivity contribution in [2.75, 3.05) is 26.7 Å². The van der Waals surface area contributed by atoms with Gasteiger partial charge in [0, 0.05) is 22.4 Å². The van der Waals surface area contributed by atoms with E-state index < -0.39 is 0 Å². The normalized spacial score (nSPS) is 10.7. The standard InChI is InChI=1S/C13H20N2O2S/c1-5-15(8-13(17)14-4)7-12(16)11-6-9(2)18-10(11)3/h6H,5,7-8H2,1-4H3,(H,14,17). The predicted molar refractivity (Wildman–Crippen MR) is 74.3 cm³/mol. The lowest BCUT2D eigenvalue weighted by atomic mass is 10.1. The molecule has 0 aromatic carbocycles. The molecule has 1 aromatic rings. The molecule has 1 N–H and O–H groups in total. The number of Topliss-reactive ketones (excluding diaryl/α,β-unsaturated/α-hetero) is 1. The number of likely N-dealkylation sites (N-methyl/N-ethyl adjacent to an activating group) is 2. The van der Waals surface area contributed by atoms with Gasteiger partial charge >= 0.3 is 0 Å². The van der Waals surface area contributed by atoms with Crippen LogP contribution in [0.2, 0.25) is 0 Å². The van der Waals surface area contributed by atoms with Crippen LogP contribution in [0.5, 0.6) is 0 Å². The molecule has 18 heavy (non-hydrogen) atoms. The summed E-state index contributed by atoms with van der Waals surface area (Å²) in [7, 11) is 1.60. The van der Waals surface area contributed by atoms with Gasteiger partial charge in [-0.2, -0.15) is 0 Å². The number of nitrogens with zero attached hydrogens (tertiary/aromatic N) is 1. The predicted octanol–water partition coefficient (Wildman–Crippen LogP) is 1.62. The minimum absolute atomic E-state index is 0.0668. The fourth-order valence-electron chi connectivity index (χ4n) is 1.76. The number of thiophene rings is 1. The smallest absolute Gasteiger partial charge is 0.233 e. The molecule has 1 amide bonds. The lowest BCUT2D eigenvalue weighted by molar-refractivity contribution is -0.121. The first kappa shape index (κ1) is 14.9. The second-order valence-corrected chi connectivity index (χ2v) is 5.69. The van der Waals surface area contributed by atoms with Gasteiger partial charge in [0.1, 0.15) is 0 Å². The van der Waals surface area contributed by atoms with E-state index in [4.69, 9.17) is 0 Å².